The van der Waals surface area contributed by atoms with Crippen LogP contribution in [0.3, 0.4) is 0 Å². The van der Waals surface area contributed by atoms with Gasteiger partial charge in [0.2, 0.25) is 0 Å². The van der Waals surface area contributed by atoms with E-state index in [1.165, 1.54) is 11.1 Å². The largest absolute Gasteiger partial charge is 0.503 e. The molecule has 1 aromatic carbocycles. The van der Waals surface area contributed by atoms with Gasteiger partial charge in [-0.2, -0.15) is 0 Å². The molecule has 3 nitrogen and oxygen atoms in total. The quantitative estimate of drug-likeness (QED) is 0.732. The summed E-state index contributed by atoms with van der Waals surface area (Å²) in [4.78, 5) is 2.50. The van der Waals surface area contributed by atoms with Crippen molar-refractivity contribution in [2.45, 2.75) is 36.8 Å². The van der Waals surface area contributed by atoms with Gasteiger partial charge in [-0.05, 0) is 54.0 Å². The first-order valence-corrected chi connectivity index (χ1v) is 8.50. The normalized spacial score (nSPS) is 39.0. The number of likely N-dealkylation sites (N-methyl/N-ethyl adjacent to an activating group) is 1. The summed E-state index contributed by atoms with van der Waals surface area (Å²) in [5.74, 6) is 1.55. The minimum absolute atomic E-state index is 0.0903. The molecule has 1 saturated heterocycles. The Balaban J connectivity index is 1.85. The number of rotatable bonds is 0. The Bertz CT molecular complexity index is 686. The van der Waals surface area contributed by atoms with Gasteiger partial charge in [-0.3, -0.25) is 0 Å². The van der Waals surface area contributed by atoms with Crippen molar-refractivity contribution in [3.05, 3.63) is 33.8 Å². The molecule has 2 bridgehead atoms. The van der Waals surface area contributed by atoms with Crippen LogP contribution in [0.1, 0.15) is 24.0 Å². The van der Waals surface area contributed by atoms with Gasteiger partial charge in [0.05, 0.1) is 4.47 Å². The lowest BCUT2D eigenvalue weighted by molar-refractivity contribution is 0.00197. The maximum Gasteiger partial charge on any atom is 0.172 e. The number of nitrogens with zero attached hydrogens (tertiary/aromatic N) is 1. The Morgan fingerprint density at radius 1 is 1.48 bits per heavy atom. The highest BCUT2D eigenvalue weighted by molar-refractivity contribution is 9.10. The van der Waals surface area contributed by atoms with Crippen molar-refractivity contribution >= 4 is 15.9 Å². The molecule has 1 spiro atoms. The zero-order valence-electron chi connectivity index (χ0n) is 12.0. The van der Waals surface area contributed by atoms with Gasteiger partial charge in [0.25, 0.3) is 0 Å². The highest BCUT2D eigenvalue weighted by atomic mass is 79.9. The summed E-state index contributed by atoms with van der Waals surface area (Å²) in [6.07, 6.45) is 8.02. The summed E-state index contributed by atoms with van der Waals surface area (Å²) in [6, 6.07) is 2.67. The second-order valence-corrected chi connectivity index (χ2v) is 7.76. The molecule has 1 fully saturated rings. The molecule has 110 valence electrons. The van der Waals surface area contributed by atoms with E-state index in [0.29, 0.717) is 12.0 Å². The number of hydrogen-bond donors (Lipinski definition) is 1. The number of hydrogen-bond acceptors (Lipinski definition) is 3. The zero-order valence-corrected chi connectivity index (χ0v) is 13.6. The van der Waals surface area contributed by atoms with Crippen LogP contribution < -0.4 is 4.74 Å². The van der Waals surface area contributed by atoms with E-state index in [1.807, 2.05) is 0 Å². The van der Waals surface area contributed by atoms with Gasteiger partial charge in [0, 0.05) is 29.4 Å². The van der Waals surface area contributed by atoms with Gasteiger partial charge in [0.15, 0.2) is 11.5 Å². The Hall–Kier alpha value is -1.00. The average molecular weight is 348 g/mol. The first-order chi connectivity index (χ1) is 10.1. The molecule has 5 rings (SSSR count). The second kappa shape index (κ2) is 3.85. The van der Waals surface area contributed by atoms with Gasteiger partial charge in [0.1, 0.15) is 6.10 Å². The summed E-state index contributed by atoms with van der Waals surface area (Å²) in [5.41, 5.74) is 2.76. The van der Waals surface area contributed by atoms with E-state index in [9.17, 15) is 5.11 Å². The maximum atomic E-state index is 10.4. The number of phenolic OH excluding ortho intramolecular Hbond substituents is 1. The van der Waals surface area contributed by atoms with E-state index < -0.39 is 0 Å². The van der Waals surface area contributed by atoms with Crippen molar-refractivity contribution < 1.29 is 9.84 Å². The monoisotopic (exact) mass is 347 g/mol. The van der Waals surface area contributed by atoms with Crippen LogP contribution in [0.25, 0.3) is 0 Å². The summed E-state index contributed by atoms with van der Waals surface area (Å²) in [5, 5.41) is 10.4. The van der Waals surface area contributed by atoms with Crippen LogP contribution in [-0.4, -0.2) is 35.7 Å². The highest BCUT2D eigenvalue weighted by Gasteiger charge is 2.62. The van der Waals surface area contributed by atoms with Crippen molar-refractivity contribution in [2.75, 3.05) is 13.6 Å². The minimum Gasteiger partial charge on any atom is -0.503 e. The molecule has 21 heavy (non-hydrogen) atoms. The fourth-order valence-electron chi connectivity index (χ4n) is 5.25. The fraction of sp³-hybridized carbons (Fsp3) is 0.529. The van der Waals surface area contributed by atoms with Crippen LogP contribution in [0.5, 0.6) is 11.5 Å². The standard InChI is InChI=1S/C17H18BrNO2/c1-19-6-5-17-10-3-2-4-13(17)21-16-14(17)9(8-12(10)19)7-11(18)15(16)20/h2-3,7,10,12-13,20H,4-6,8H2,1H3/t10-,12+,13-,17+/m0/s1. The Labute approximate surface area is 132 Å². The zero-order chi connectivity index (χ0) is 14.4. The molecule has 0 radical (unpaired) electrons. The number of benzene rings is 1. The van der Waals surface area contributed by atoms with E-state index in [0.717, 1.165) is 36.0 Å². The van der Waals surface area contributed by atoms with E-state index in [-0.39, 0.29) is 17.3 Å². The molecular weight excluding hydrogens is 330 g/mol. The highest BCUT2D eigenvalue weighted by Crippen LogP contribution is 2.63. The molecule has 1 N–H and O–H groups in total. The molecule has 0 aromatic heterocycles. The van der Waals surface area contributed by atoms with Gasteiger partial charge in [-0.1, -0.05) is 12.2 Å². The molecule has 0 unspecified atom stereocenters. The van der Waals surface area contributed by atoms with Crippen LogP contribution in [-0.2, 0) is 11.8 Å². The van der Waals surface area contributed by atoms with Crippen LogP contribution in [0, 0.1) is 5.92 Å². The molecule has 2 heterocycles. The van der Waals surface area contributed by atoms with Crippen molar-refractivity contribution in [3.8, 4) is 11.5 Å². The first kappa shape index (κ1) is 12.5. The van der Waals surface area contributed by atoms with Crippen LogP contribution in [0.15, 0.2) is 22.7 Å². The van der Waals surface area contributed by atoms with Gasteiger partial charge < -0.3 is 14.7 Å². The van der Waals surface area contributed by atoms with E-state index in [1.54, 1.807) is 0 Å². The van der Waals surface area contributed by atoms with Crippen LogP contribution in [0.2, 0.25) is 0 Å². The molecule has 2 aliphatic carbocycles. The summed E-state index contributed by atoms with van der Waals surface area (Å²) >= 11 is 3.49. The van der Waals surface area contributed by atoms with E-state index >= 15 is 0 Å². The smallest absolute Gasteiger partial charge is 0.172 e. The Morgan fingerprint density at radius 2 is 2.33 bits per heavy atom. The Kier molecular flexibility index (Phi) is 2.30. The van der Waals surface area contributed by atoms with Crippen LogP contribution >= 0.6 is 15.9 Å². The third-order valence-electron chi connectivity index (χ3n) is 6.17. The van der Waals surface area contributed by atoms with Crippen LogP contribution in [0.4, 0.5) is 0 Å². The topological polar surface area (TPSA) is 32.7 Å². The van der Waals surface area contributed by atoms with E-state index in [4.69, 9.17) is 4.74 Å². The number of piperidine rings is 1. The predicted octanol–water partition coefficient (Wildman–Crippen LogP) is 2.99. The molecule has 4 heteroatoms. The number of aromatic hydroxyl groups is 1. The van der Waals surface area contributed by atoms with Gasteiger partial charge in [-0.25, -0.2) is 0 Å². The summed E-state index contributed by atoms with van der Waals surface area (Å²) in [7, 11) is 2.24. The fourth-order valence-corrected chi connectivity index (χ4v) is 5.71. The lowest BCUT2D eigenvalue weighted by atomic mass is 9.54. The molecular formula is C17H18BrNO2. The first-order valence-electron chi connectivity index (χ1n) is 7.71. The molecule has 1 aromatic rings. The third kappa shape index (κ3) is 1.30. The summed E-state index contributed by atoms with van der Waals surface area (Å²) < 4.78 is 7.04. The van der Waals surface area contributed by atoms with Gasteiger partial charge >= 0.3 is 0 Å². The number of halogens is 1. The number of likely N-dealkylation sites (tertiary alicyclic amines) is 1. The number of ether oxygens (including phenoxy) is 1. The van der Waals surface area contributed by atoms with Gasteiger partial charge in [-0.15, -0.1) is 0 Å². The third-order valence-corrected chi connectivity index (χ3v) is 6.77. The van der Waals surface area contributed by atoms with Crippen molar-refractivity contribution in [1.29, 1.82) is 0 Å². The second-order valence-electron chi connectivity index (χ2n) is 6.91. The predicted molar refractivity (Wildman–Crippen MR) is 83.9 cm³/mol. The molecule has 0 amide bonds. The molecule has 0 saturated carbocycles. The minimum atomic E-state index is 0.0903. The van der Waals surface area contributed by atoms with E-state index in [2.05, 4.69) is 46.1 Å². The Morgan fingerprint density at radius 3 is 3.19 bits per heavy atom. The van der Waals surface area contributed by atoms with Crippen molar-refractivity contribution in [1.82, 2.24) is 4.90 Å². The lowest BCUT2D eigenvalue weighted by Gasteiger charge is -2.55. The molecule has 4 atom stereocenters. The van der Waals surface area contributed by atoms with Crippen molar-refractivity contribution in [2.24, 2.45) is 5.92 Å². The number of phenols is 1. The SMILES string of the molecule is CN1CC[C@]23c4c5cc(Br)c(O)c4O[C@H]2CC=C[C@H]3[C@H]1C5. The molecule has 2 aliphatic heterocycles. The van der Waals surface area contributed by atoms with Crippen molar-refractivity contribution in [3.63, 3.8) is 0 Å². The molecule has 4 aliphatic rings. The maximum absolute atomic E-state index is 10.4. The summed E-state index contributed by atoms with van der Waals surface area (Å²) in [6.45, 7) is 1.12. The average Bonchev–Trinajstić information content (AvgIpc) is 2.81. The lowest BCUT2D eigenvalue weighted by Crippen LogP contribution is -2.62.